The summed E-state index contributed by atoms with van der Waals surface area (Å²) < 4.78 is 38.0. The average Bonchev–Trinajstić information content (AvgIpc) is 2.83. The largest absolute Gasteiger partial charge is 0.492 e. The minimum atomic E-state index is -3.61. The van der Waals surface area contributed by atoms with Crippen LogP contribution in [0.15, 0.2) is 53.4 Å². The first-order valence-corrected chi connectivity index (χ1v) is 12.5. The third kappa shape index (κ3) is 5.15. The molecule has 0 aliphatic carbocycles. The maximum atomic E-state index is 12.8. The van der Waals surface area contributed by atoms with Gasteiger partial charge in [0.2, 0.25) is 10.0 Å². The Balaban J connectivity index is 1.31. The summed E-state index contributed by atoms with van der Waals surface area (Å²) in [5, 5.41) is 0.559. The van der Waals surface area contributed by atoms with Gasteiger partial charge in [-0.1, -0.05) is 29.8 Å². The second-order valence-corrected chi connectivity index (χ2v) is 10.5. The predicted molar refractivity (Wildman–Crippen MR) is 121 cm³/mol. The zero-order valence-electron chi connectivity index (χ0n) is 18.1. The Kier molecular flexibility index (Phi) is 6.92. The van der Waals surface area contributed by atoms with Gasteiger partial charge in [0.15, 0.2) is 6.10 Å². The van der Waals surface area contributed by atoms with E-state index in [2.05, 4.69) is 0 Å². The van der Waals surface area contributed by atoms with Crippen LogP contribution in [0.1, 0.15) is 12.5 Å². The normalized spacial score (nSPS) is 19.8. The first-order valence-electron chi connectivity index (χ1n) is 10.7. The molecule has 2 atom stereocenters. The summed E-state index contributed by atoms with van der Waals surface area (Å²) in [6.45, 7) is 2.51. The highest BCUT2D eigenvalue weighted by Crippen LogP contribution is 2.30. The minimum Gasteiger partial charge on any atom is -0.492 e. The number of carbonyl (C=O) groups excluding carboxylic acids is 2. The lowest BCUT2D eigenvalue weighted by atomic mass is 9.97. The molecule has 2 aromatic rings. The van der Waals surface area contributed by atoms with Crippen LogP contribution in [0.5, 0.6) is 5.75 Å². The standard InChI is InChI=1S/C23H25ClN2O6S/c1-16(32-23(28)18-13-17-14-19(24)7-8-21(17)31-15-18)22(27)25-9-11-26(12-10-25)33(29,30)20-5-3-2-4-6-20/h2-8,14,16,18H,9-13,15H2,1H3/t16-,18+/m0/s1. The molecule has 0 spiro atoms. The second-order valence-electron chi connectivity index (χ2n) is 8.09. The van der Waals surface area contributed by atoms with Crippen LogP contribution in [-0.2, 0) is 30.8 Å². The van der Waals surface area contributed by atoms with Crippen molar-refractivity contribution in [3.63, 3.8) is 0 Å². The summed E-state index contributed by atoms with van der Waals surface area (Å²) in [6.07, 6.45) is -0.554. The van der Waals surface area contributed by atoms with Gasteiger partial charge in [0, 0.05) is 31.2 Å². The first-order chi connectivity index (χ1) is 15.8. The molecule has 0 N–H and O–H groups in total. The van der Waals surface area contributed by atoms with Crippen LogP contribution in [0.3, 0.4) is 0 Å². The highest BCUT2D eigenvalue weighted by molar-refractivity contribution is 7.89. The Hall–Kier alpha value is -2.62. The number of esters is 1. The van der Waals surface area contributed by atoms with Crippen molar-refractivity contribution >= 4 is 33.5 Å². The number of amides is 1. The minimum absolute atomic E-state index is 0.171. The van der Waals surface area contributed by atoms with Crippen molar-refractivity contribution in [3.05, 3.63) is 59.1 Å². The van der Waals surface area contributed by atoms with Gasteiger partial charge < -0.3 is 14.4 Å². The van der Waals surface area contributed by atoms with Crippen molar-refractivity contribution in [2.24, 2.45) is 5.92 Å². The molecule has 0 aromatic heterocycles. The molecule has 1 fully saturated rings. The zero-order chi connectivity index (χ0) is 23.6. The number of hydrogen-bond donors (Lipinski definition) is 0. The van der Waals surface area contributed by atoms with Crippen molar-refractivity contribution < 1.29 is 27.5 Å². The van der Waals surface area contributed by atoms with E-state index < -0.39 is 28.0 Å². The quantitative estimate of drug-likeness (QED) is 0.595. The number of ether oxygens (including phenoxy) is 2. The molecule has 1 saturated heterocycles. The van der Waals surface area contributed by atoms with Crippen molar-refractivity contribution in [3.8, 4) is 5.75 Å². The maximum Gasteiger partial charge on any atom is 0.313 e. The number of piperazine rings is 1. The molecule has 0 saturated carbocycles. The second kappa shape index (κ2) is 9.70. The third-order valence-electron chi connectivity index (χ3n) is 5.83. The van der Waals surface area contributed by atoms with E-state index in [1.807, 2.05) is 0 Å². The molecule has 0 unspecified atom stereocenters. The molecule has 1 amide bonds. The zero-order valence-corrected chi connectivity index (χ0v) is 19.7. The number of nitrogens with zero attached hydrogens (tertiary/aromatic N) is 2. The summed E-state index contributed by atoms with van der Waals surface area (Å²) >= 11 is 6.03. The van der Waals surface area contributed by atoms with E-state index in [4.69, 9.17) is 21.1 Å². The van der Waals surface area contributed by atoms with Gasteiger partial charge in [-0.15, -0.1) is 0 Å². The van der Waals surface area contributed by atoms with E-state index in [-0.39, 0.29) is 43.6 Å². The van der Waals surface area contributed by atoms with Crippen LogP contribution in [0.2, 0.25) is 5.02 Å². The summed E-state index contributed by atoms with van der Waals surface area (Å²) in [4.78, 5) is 27.2. The van der Waals surface area contributed by atoms with Gasteiger partial charge in [-0.3, -0.25) is 9.59 Å². The highest BCUT2D eigenvalue weighted by Gasteiger charge is 2.34. The van der Waals surface area contributed by atoms with Crippen LogP contribution in [0.4, 0.5) is 0 Å². The average molecular weight is 493 g/mol. The van der Waals surface area contributed by atoms with Gasteiger partial charge in [0.05, 0.1) is 10.8 Å². The van der Waals surface area contributed by atoms with Crippen molar-refractivity contribution in [2.45, 2.75) is 24.3 Å². The van der Waals surface area contributed by atoms with Crippen LogP contribution in [-0.4, -0.2) is 68.4 Å². The summed E-state index contributed by atoms with van der Waals surface area (Å²) in [5.74, 6) is -0.693. The fourth-order valence-corrected chi connectivity index (χ4v) is 5.62. The van der Waals surface area contributed by atoms with Crippen molar-refractivity contribution in [1.82, 2.24) is 9.21 Å². The van der Waals surface area contributed by atoms with E-state index in [1.165, 1.54) is 16.1 Å². The SMILES string of the molecule is C[C@H](OC(=O)[C@H]1COc2ccc(Cl)cc2C1)C(=O)N1CCN(S(=O)(=O)c2ccccc2)CC1. The lowest BCUT2D eigenvalue weighted by Crippen LogP contribution is -2.53. The Morgan fingerprint density at radius 1 is 1.09 bits per heavy atom. The topological polar surface area (TPSA) is 93.2 Å². The molecule has 2 aliphatic heterocycles. The number of hydrogen-bond acceptors (Lipinski definition) is 6. The van der Waals surface area contributed by atoms with Gasteiger partial charge in [-0.25, -0.2) is 8.42 Å². The van der Waals surface area contributed by atoms with Crippen LogP contribution in [0.25, 0.3) is 0 Å². The monoisotopic (exact) mass is 492 g/mol. The van der Waals surface area contributed by atoms with Gasteiger partial charge in [0.1, 0.15) is 12.4 Å². The number of sulfonamides is 1. The molecule has 0 bridgehead atoms. The smallest absolute Gasteiger partial charge is 0.313 e. The molecular formula is C23H25ClN2O6S. The lowest BCUT2D eigenvalue weighted by Gasteiger charge is -2.35. The molecule has 4 rings (SSSR count). The van der Waals surface area contributed by atoms with E-state index in [0.29, 0.717) is 17.2 Å². The molecule has 2 aliphatic rings. The van der Waals surface area contributed by atoms with E-state index in [9.17, 15) is 18.0 Å². The van der Waals surface area contributed by atoms with Crippen LogP contribution >= 0.6 is 11.6 Å². The number of rotatable bonds is 5. The Labute approximate surface area is 198 Å². The molecule has 10 heteroatoms. The molecule has 2 heterocycles. The van der Waals surface area contributed by atoms with E-state index in [1.54, 1.807) is 48.5 Å². The van der Waals surface area contributed by atoms with E-state index >= 15 is 0 Å². The van der Waals surface area contributed by atoms with Crippen LogP contribution in [0, 0.1) is 5.92 Å². The molecule has 0 radical (unpaired) electrons. The molecule has 176 valence electrons. The third-order valence-corrected chi connectivity index (χ3v) is 7.98. The molecule has 8 nitrogen and oxygen atoms in total. The Morgan fingerprint density at radius 3 is 2.48 bits per heavy atom. The summed E-state index contributed by atoms with van der Waals surface area (Å²) in [6, 6.07) is 13.5. The van der Waals surface area contributed by atoms with Gasteiger partial charge >= 0.3 is 5.97 Å². The van der Waals surface area contributed by atoms with Crippen molar-refractivity contribution in [1.29, 1.82) is 0 Å². The lowest BCUT2D eigenvalue weighted by molar-refractivity contribution is -0.164. The number of halogens is 1. The summed E-state index contributed by atoms with van der Waals surface area (Å²) in [5.41, 5.74) is 0.824. The van der Waals surface area contributed by atoms with E-state index in [0.717, 1.165) is 5.56 Å². The molecule has 2 aromatic carbocycles. The molecule has 33 heavy (non-hydrogen) atoms. The highest BCUT2D eigenvalue weighted by atomic mass is 35.5. The Bertz CT molecular complexity index is 1130. The first kappa shape index (κ1) is 23.5. The van der Waals surface area contributed by atoms with Crippen molar-refractivity contribution in [2.75, 3.05) is 32.8 Å². The van der Waals surface area contributed by atoms with Crippen LogP contribution < -0.4 is 4.74 Å². The summed E-state index contributed by atoms with van der Waals surface area (Å²) in [7, 11) is -3.61. The van der Waals surface area contributed by atoms with Gasteiger partial charge in [-0.2, -0.15) is 4.31 Å². The fraction of sp³-hybridized carbons (Fsp3) is 0.391. The maximum absolute atomic E-state index is 12.8. The molecular weight excluding hydrogens is 468 g/mol. The van der Waals surface area contributed by atoms with Gasteiger partial charge in [0.25, 0.3) is 5.91 Å². The number of carbonyl (C=O) groups is 2. The fourth-order valence-electron chi connectivity index (χ4n) is 3.98. The number of benzene rings is 2. The van der Waals surface area contributed by atoms with Gasteiger partial charge in [-0.05, 0) is 49.2 Å². The predicted octanol–water partition coefficient (Wildman–Crippen LogP) is 2.36. The number of fused-ring (bicyclic) bond motifs is 1. The Morgan fingerprint density at radius 2 is 1.79 bits per heavy atom.